The summed E-state index contributed by atoms with van der Waals surface area (Å²) in [6, 6.07) is 14.0. The number of carbonyl (C=O) groups is 1. The van der Waals surface area contributed by atoms with E-state index in [-0.39, 0.29) is 16.2 Å². The van der Waals surface area contributed by atoms with Gasteiger partial charge in [0, 0.05) is 11.8 Å². The van der Waals surface area contributed by atoms with E-state index in [4.69, 9.17) is 12.2 Å². The molecule has 10 heteroatoms. The average Bonchev–Trinajstić information content (AvgIpc) is 3.36. The maximum absolute atomic E-state index is 13.3. The molecule has 34 heavy (non-hydrogen) atoms. The second kappa shape index (κ2) is 8.49. The highest BCUT2D eigenvalue weighted by atomic mass is 32.1. The van der Waals surface area contributed by atoms with E-state index >= 15 is 0 Å². The van der Waals surface area contributed by atoms with Gasteiger partial charge < -0.3 is 10.3 Å². The SMILES string of the molecule is Cc1cccc(-n2c(=S)[nH]c3cc(C(=O)Nc4cccnc4-n4cncn4)ccc3c2=O)c1C. The topological polar surface area (TPSA) is 110 Å². The number of H-pyrrole nitrogens is 1. The molecule has 0 aliphatic heterocycles. The van der Waals surface area contributed by atoms with Crippen LogP contribution in [0.25, 0.3) is 22.4 Å². The van der Waals surface area contributed by atoms with Gasteiger partial charge >= 0.3 is 0 Å². The number of aryl methyl sites for hydroxylation is 1. The third kappa shape index (κ3) is 3.69. The smallest absolute Gasteiger partial charge is 0.266 e. The van der Waals surface area contributed by atoms with Crippen molar-refractivity contribution in [2.75, 3.05) is 5.32 Å². The molecule has 3 aromatic heterocycles. The van der Waals surface area contributed by atoms with E-state index in [0.717, 1.165) is 16.8 Å². The highest BCUT2D eigenvalue weighted by Crippen LogP contribution is 2.20. The molecule has 0 bridgehead atoms. The quantitative estimate of drug-likeness (QED) is 0.386. The van der Waals surface area contributed by atoms with Crippen LogP contribution in [0.4, 0.5) is 5.69 Å². The molecule has 168 valence electrons. The van der Waals surface area contributed by atoms with E-state index in [1.165, 1.54) is 21.9 Å². The molecule has 0 radical (unpaired) electrons. The number of anilines is 1. The largest absolute Gasteiger partial charge is 0.331 e. The van der Waals surface area contributed by atoms with E-state index < -0.39 is 0 Å². The molecule has 0 aliphatic rings. The van der Waals surface area contributed by atoms with Crippen molar-refractivity contribution in [2.24, 2.45) is 0 Å². The van der Waals surface area contributed by atoms with Crippen LogP contribution in [0.1, 0.15) is 21.5 Å². The van der Waals surface area contributed by atoms with E-state index in [1.807, 2.05) is 32.0 Å². The van der Waals surface area contributed by atoms with Crippen molar-refractivity contribution < 1.29 is 4.79 Å². The number of amides is 1. The molecule has 5 rings (SSSR count). The second-order valence-corrected chi connectivity index (χ2v) is 8.11. The molecule has 0 saturated carbocycles. The van der Waals surface area contributed by atoms with Gasteiger partial charge in [-0.15, -0.1) is 0 Å². The second-order valence-electron chi connectivity index (χ2n) is 7.72. The van der Waals surface area contributed by atoms with Gasteiger partial charge in [-0.2, -0.15) is 5.10 Å². The number of pyridine rings is 1. The molecule has 0 fully saturated rings. The molecule has 5 aromatic rings. The van der Waals surface area contributed by atoms with Crippen LogP contribution in [-0.2, 0) is 0 Å². The molecule has 0 atom stereocenters. The number of carbonyl (C=O) groups excluding carboxylic acids is 1. The van der Waals surface area contributed by atoms with Gasteiger partial charge in [0.05, 0.1) is 22.3 Å². The minimum Gasteiger partial charge on any atom is -0.331 e. The third-order valence-electron chi connectivity index (χ3n) is 5.65. The lowest BCUT2D eigenvalue weighted by Crippen LogP contribution is -2.22. The van der Waals surface area contributed by atoms with Gasteiger partial charge in [0.15, 0.2) is 10.6 Å². The molecule has 2 N–H and O–H groups in total. The number of fused-ring (bicyclic) bond motifs is 1. The monoisotopic (exact) mass is 469 g/mol. The van der Waals surface area contributed by atoms with Crippen LogP contribution in [0, 0.1) is 18.6 Å². The Balaban J connectivity index is 1.54. The predicted molar refractivity (Wildman–Crippen MR) is 131 cm³/mol. The van der Waals surface area contributed by atoms with Crippen LogP contribution in [0.15, 0.2) is 72.2 Å². The summed E-state index contributed by atoms with van der Waals surface area (Å²) in [6.07, 6.45) is 4.48. The molecule has 0 spiro atoms. The molecule has 1 amide bonds. The maximum atomic E-state index is 13.3. The highest BCUT2D eigenvalue weighted by Gasteiger charge is 2.15. The van der Waals surface area contributed by atoms with E-state index in [0.29, 0.717) is 28.0 Å². The molecule has 0 aliphatic carbocycles. The molecule has 0 unspecified atom stereocenters. The van der Waals surface area contributed by atoms with Crippen molar-refractivity contribution in [3.8, 4) is 11.5 Å². The number of hydrogen-bond acceptors (Lipinski definition) is 6. The van der Waals surface area contributed by atoms with Crippen LogP contribution in [0.3, 0.4) is 0 Å². The number of hydrogen-bond donors (Lipinski definition) is 2. The standard InChI is InChI=1S/C24H19N7O2S/c1-14-5-3-7-20(15(14)2)31-23(33)17-9-8-16(11-19(17)29-24(31)34)22(32)28-18-6-4-10-26-21(18)30-13-25-12-27-30/h3-13H,1-2H3,(H,28,32)(H,29,34). The van der Waals surface area contributed by atoms with Crippen LogP contribution in [0.2, 0.25) is 0 Å². The lowest BCUT2D eigenvalue weighted by molar-refractivity contribution is 0.102. The number of aromatic amines is 1. The number of nitrogens with zero attached hydrogens (tertiary/aromatic N) is 5. The van der Waals surface area contributed by atoms with Gasteiger partial charge in [-0.05, 0) is 73.6 Å². The first-order chi connectivity index (χ1) is 16.4. The fourth-order valence-corrected chi connectivity index (χ4v) is 4.04. The lowest BCUT2D eigenvalue weighted by Gasteiger charge is -2.13. The number of aromatic nitrogens is 6. The summed E-state index contributed by atoms with van der Waals surface area (Å²) in [5, 5.41) is 7.34. The van der Waals surface area contributed by atoms with E-state index in [9.17, 15) is 9.59 Å². The zero-order valence-corrected chi connectivity index (χ0v) is 19.1. The normalized spacial score (nSPS) is 11.0. The zero-order chi connectivity index (χ0) is 23.8. The van der Waals surface area contributed by atoms with Gasteiger partial charge in [0.25, 0.3) is 11.5 Å². The van der Waals surface area contributed by atoms with Gasteiger partial charge in [-0.3, -0.25) is 14.2 Å². The Morgan fingerprint density at radius 2 is 1.97 bits per heavy atom. The molecular weight excluding hydrogens is 450 g/mol. The molecule has 2 aromatic carbocycles. The summed E-state index contributed by atoms with van der Waals surface area (Å²) >= 11 is 5.51. The Morgan fingerprint density at radius 3 is 2.76 bits per heavy atom. The minimum atomic E-state index is -0.366. The number of benzene rings is 2. The highest BCUT2D eigenvalue weighted by molar-refractivity contribution is 7.71. The molecular formula is C24H19N7O2S. The Hall–Kier alpha value is -4.44. The summed E-state index contributed by atoms with van der Waals surface area (Å²) in [5.41, 5.74) is 3.82. The third-order valence-corrected chi connectivity index (χ3v) is 5.93. The van der Waals surface area contributed by atoms with Gasteiger partial charge in [0.1, 0.15) is 12.7 Å². The maximum Gasteiger partial charge on any atom is 0.266 e. The fourth-order valence-electron chi connectivity index (χ4n) is 3.75. The summed E-state index contributed by atoms with van der Waals surface area (Å²) in [5.74, 6) is 0.0687. The molecule has 9 nitrogen and oxygen atoms in total. The van der Waals surface area contributed by atoms with Crippen molar-refractivity contribution >= 4 is 34.7 Å². The van der Waals surface area contributed by atoms with Crippen LogP contribution in [-0.4, -0.2) is 35.2 Å². The lowest BCUT2D eigenvalue weighted by atomic mass is 10.1. The predicted octanol–water partition coefficient (Wildman–Crippen LogP) is 3.89. The molecule has 3 heterocycles. The van der Waals surface area contributed by atoms with Crippen molar-refractivity contribution in [2.45, 2.75) is 13.8 Å². The number of rotatable bonds is 4. The summed E-state index contributed by atoms with van der Waals surface area (Å²) in [7, 11) is 0. The van der Waals surface area contributed by atoms with Crippen molar-refractivity contribution in [1.29, 1.82) is 0 Å². The van der Waals surface area contributed by atoms with Crippen molar-refractivity contribution in [3.63, 3.8) is 0 Å². The summed E-state index contributed by atoms with van der Waals surface area (Å²) in [6.45, 7) is 3.94. The van der Waals surface area contributed by atoms with Crippen LogP contribution < -0.4 is 10.9 Å². The zero-order valence-electron chi connectivity index (χ0n) is 18.3. The Labute approximate surface area is 198 Å². The first kappa shape index (κ1) is 21.4. The Morgan fingerprint density at radius 1 is 1.12 bits per heavy atom. The first-order valence-corrected chi connectivity index (χ1v) is 10.8. The summed E-state index contributed by atoms with van der Waals surface area (Å²) < 4.78 is 3.20. The number of nitrogens with one attached hydrogen (secondary N) is 2. The van der Waals surface area contributed by atoms with E-state index in [1.54, 1.807) is 36.5 Å². The Kier molecular flexibility index (Phi) is 5.34. The van der Waals surface area contributed by atoms with Gasteiger partial charge in [-0.25, -0.2) is 14.6 Å². The fraction of sp³-hybridized carbons (Fsp3) is 0.0833. The van der Waals surface area contributed by atoms with Gasteiger partial charge in [0.2, 0.25) is 0 Å². The first-order valence-electron chi connectivity index (χ1n) is 10.4. The minimum absolute atomic E-state index is 0.250. The van der Waals surface area contributed by atoms with E-state index in [2.05, 4.69) is 25.4 Å². The van der Waals surface area contributed by atoms with Crippen LogP contribution >= 0.6 is 12.2 Å². The van der Waals surface area contributed by atoms with Crippen LogP contribution in [0.5, 0.6) is 0 Å². The summed E-state index contributed by atoms with van der Waals surface area (Å²) in [4.78, 5) is 37.6. The van der Waals surface area contributed by atoms with Crippen molar-refractivity contribution in [3.05, 3.63) is 99.2 Å². The molecule has 0 saturated heterocycles. The Bertz CT molecular complexity index is 1670. The average molecular weight is 470 g/mol. The van der Waals surface area contributed by atoms with Gasteiger partial charge in [-0.1, -0.05) is 12.1 Å². The van der Waals surface area contributed by atoms with Crippen molar-refractivity contribution in [1.82, 2.24) is 29.3 Å².